The first kappa shape index (κ1) is 16.3. The van der Waals surface area contributed by atoms with Crippen LogP contribution in [-0.2, 0) is 28.6 Å². The molecule has 1 aromatic heterocycles. The van der Waals surface area contributed by atoms with Gasteiger partial charge >= 0.3 is 0 Å². The van der Waals surface area contributed by atoms with Crippen LogP contribution in [0.4, 0.5) is 0 Å². The van der Waals surface area contributed by atoms with Crippen LogP contribution in [0.5, 0.6) is 11.5 Å². The number of aromatic hydroxyl groups is 1. The van der Waals surface area contributed by atoms with Crippen LogP contribution in [0.15, 0.2) is 36.4 Å². The van der Waals surface area contributed by atoms with Gasteiger partial charge in [-0.3, -0.25) is 0 Å². The second-order valence-corrected chi connectivity index (χ2v) is 9.24. The number of aromatic amines is 1. The van der Waals surface area contributed by atoms with E-state index in [1.807, 2.05) is 7.11 Å². The van der Waals surface area contributed by atoms with Crippen LogP contribution in [0, 0.1) is 0 Å². The maximum Gasteiger partial charge on any atom is 0.166 e. The Morgan fingerprint density at radius 2 is 2.07 bits per heavy atom. The van der Waals surface area contributed by atoms with Crippen molar-refractivity contribution < 1.29 is 14.6 Å². The largest absolute Gasteiger partial charge is 0.504 e. The Labute approximate surface area is 169 Å². The number of phenolic OH excluding ortho intramolecular Hbond substituents is 1. The van der Waals surface area contributed by atoms with Crippen molar-refractivity contribution in [2.75, 3.05) is 13.7 Å². The highest BCUT2D eigenvalue weighted by Gasteiger charge is 2.77. The summed E-state index contributed by atoms with van der Waals surface area (Å²) in [6.45, 7) is 3.11. The Morgan fingerprint density at radius 3 is 2.93 bits per heavy atom. The van der Waals surface area contributed by atoms with Crippen molar-refractivity contribution in [2.24, 2.45) is 0 Å². The Hall–Kier alpha value is -2.50. The lowest BCUT2D eigenvalue weighted by atomic mass is 9.45. The van der Waals surface area contributed by atoms with Crippen LogP contribution in [-0.4, -0.2) is 35.4 Å². The van der Waals surface area contributed by atoms with E-state index in [1.54, 1.807) is 6.07 Å². The van der Waals surface area contributed by atoms with E-state index < -0.39 is 11.2 Å². The fourth-order valence-electron chi connectivity index (χ4n) is 7.41. The zero-order chi connectivity index (χ0) is 19.6. The fraction of sp³-hybridized carbons (Fsp3) is 0.417. The lowest BCUT2D eigenvalue weighted by Gasteiger charge is -2.64. The van der Waals surface area contributed by atoms with Gasteiger partial charge in [-0.2, -0.15) is 0 Å². The van der Waals surface area contributed by atoms with Gasteiger partial charge in [-0.05, 0) is 49.6 Å². The van der Waals surface area contributed by atoms with Crippen molar-refractivity contribution in [3.63, 3.8) is 0 Å². The smallest absolute Gasteiger partial charge is 0.166 e. The number of hydrogen-bond acceptors (Lipinski definition) is 4. The maximum atomic E-state index is 10.8. The van der Waals surface area contributed by atoms with E-state index in [4.69, 9.17) is 9.47 Å². The second kappa shape index (κ2) is 4.79. The zero-order valence-corrected chi connectivity index (χ0v) is 16.6. The van der Waals surface area contributed by atoms with Crippen molar-refractivity contribution in [2.45, 2.75) is 48.8 Å². The fourth-order valence-corrected chi connectivity index (χ4v) is 7.41. The van der Waals surface area contributed by atoms with Crippen LogP contribution in [0.3, 0.4) is 0 Å². The summed E-state index contributed by atoms with van der Waals surface area (Å²) in [5, 5.41) is 15.8. The predicted molar refractivity (Wildman–Crippen MR) is 110 cm³/mol. The number of nitrogens with one attached hydrogen (secondary N) is 2. The number of benzene rings is 2. The highest BCUT2D eigenvalue weighted by atomic mass is 16.5. The molecule has 2 aliphatic heterocycles. The summed E-state index contributed by atoms with van der Waals surface area (Å²) in [6.07, 6.45) is 2.62. The van der Waals surface area contributed by atoms with Crippen LogP contribution < -0.4 is 10.1 Å². The number of fused-ring (bicyclic) bond motifs is 4. The molecule has 3 N–H and O–H groups in total. The molecule has 5 nitrogen and oxygen atoms in total. The molecule has 0 radical (unpaired) electrons. The van der Waals surface area contributed by atoms with Gasteiger partial charge < -0.3 is 24.9 Å². The van der Waals surface area contributed by atoms with Gasteiger partial charge in [0.05, 0.1) is 11.1 Å². The van der Waals surface area contributed by atoms with Crippen molar-refractivity contribution in [1.82, 2.24) is 10.3 Å². The average molecular weight is 388 g/mol. The van der Waals surface area contributed by atoms with Crippen LogP contribution in [0.25, 0.3) is 10.9 Å². The number of phenols is 1. The minimum atomic E-state index is -0.633. The van der Waals surface area contributed by atoms with E-state index in [2.05, 4.69) is 47.6 Å². The first-order valence-electron chi connectivity index (χ1n) is 10.5. The maximum absolute atomic E-state index is 10.8. The molecule has 1 fully saturated rings. The third kappa shape index (κ3) is 1.48. The Kier molecular flexibility index (Phi) is 2.70. The lowest BCUT2D eigenvalue weighted by molar-refractivity contribution is -0.185. The Morgan fingerprint density at radius 1 is 1.21 bits per heavy atom. The number of methoxy groups -OCH3 is 1. The molecule has 4 unspecified atom stereocenters. The molecule has 2 aromatic carbocycles. The highest BCUT2D eigenvalue weighted by molar-refractivity contribution is 5.86. The summed E-state index contributed by atoms with van der Waals surface area (Å²) in [4.78, 5) is 3.70. The van der Waals surface area contributed by atoms with E-state index >= 15 is 0 Å². The molecule has 1 spiro atoms. The molecule has 2 aliphatic carbocycles. The minimum Gasteiger partial charge on any atom is -0.504 e. The van der Waals surface area contributed by atoms with Crippen LogP contribution >= 0.6 is 0 Å². The lowest BCUT2D eigenvalue weighted by Crippen LogP contribution is -2.78. The molecule has 1 saturated heterocycles. The molecule has 3 aromatic rings. The molecular weight excluding hydrogens is 364 g/mol. The zero-order valence-electron chi connectivity index (χ0n) is 16.6. The normalized spacial score (nSPS) is 35.9. The summed E-state index contributed by atoms with van der Waals surface area (Å²) < 4.78 is 13.3. The van der Waals surface area contributed by atoms with Crippen molar-refractivity contribution in [3.8, 4) is 11.5 Å². The summed E-state index contributed by atoms with van der Waals surface area (Å²) in [7, 11) is 1.85. The molecular formula is C24H24N2O3. The molecule has 3 heterocycles. The monoisotopic (exact) mass is 388 g/mol. The molecule has 0 saturated carbocycles. The van der Waals surface area contributed by atoms with E-state index in [0.29, 0.717) is 5.75 Å². The third-order valence-corrected chi connectivity index (χ3v) is 8.46. The van der Waals surface area contributed by atoms with Gasteiger partial charge in [-0.25, -0.2) is 0 Å². The number of hydrogen-bond donors (Lipinski definition) is 3. The number of rotatable bonds is 1. The second-order valence-electron chi connectivity index (χ2n) is 9.24. The van der Waals surface area contributed by atoms with Gasteiger partial charge in [0.15, 0.2) is 17.1 Å². The number of piperidine rings is 1. The third-order valence-electron chi connectivity index (χ3n) is 8.46. The number of aromatic nitrogens is 1. The molecule has 0 amide bonds. The van der Waals surface area contributed by atoms with Gasteiger partial charge in [0.25, 0.3) is 0 Å². The Bertz CT molecular complexity index is 1220. The molecule has 5 heteroatoms. The van der Waals surface area contributed by atoms with Gasteiger partial charge in [0, 0.05) is 36.0 Å². The molecule has 29 heavy (non-hydrogen) atoms. The van der Waals surface area contributed by atoms with Crippen LogP contribution in [0.2, 0.25) is 0 Å². The number of H-pyrrole nitrogens is 1. The van der Waals surface area contributed by atoms with Gasteiger partial charge in [-0.15, -0.1) is 0 Å². The van der Waals surface area contributed by atoms with E-state index in [0.717, 1.165) is 37.0 Å². The van der Waals surface area contributed by atoms with E-state index in [9.17, 15) is 5.11 Å². The topological polar surface area (TPSA) is 66.5 Å². The van der Waals surface area contributed by atoms with E-state index in [-0.39, 0.29) is 17.2 Å². The summed E-state index contributed by atoms with van der Waals surface area (Å²) in [6, 6.07) is 12.5. The van der Waals surface area contributed by atoms with Crippen molar-refractivity contribution >= 4 is 10.9 Å². The Balaban J connectivity index is 1.67. The summed E-state index contributed by atoms with van der Waals surface area (Å²) >= 11 is 0. The minimum absolute atomic E-state index is 0.203. The van der Waals surface area contributed by atoms with Gasteiger partial charge in [-0.1, -0.05) is 24.3 Å². The molecule has 2 bridgehead atoms. The highest BCUT2D eigenvalue weighted by Crippen LogP contribution is 2.70. The quantitative estimate of drug-likeness (QED) is 0.599. The molecule has 7 rings (SSSR count). The van der Waals surface area contributed by atoms with Gasteiger partial charge in [0.1, 0.15) is 5.60 Å². The molecule has 148 valence electrons. The van der Waals surface area contributed by atoms with Crippen molar-refractivity contribution in [3.05, 3.63) is 58.8 Å². The number of para-hydroxylation sites is 1. The molecule has 4 atom stereocenters. The summed E-state index contributed by atoms with van der Waals surface area (Å²) in [5.41, 5.74) is 4.58. The van der Waals surface area contributed by atoms with Crippen molar-refractivity contribution in [1.29, 1.82) is 0 Å². The predicted octanol–water partition coefficient (Wildman–Crippen LogP) is 3.28. The first-order chi connectivity index (χ1) is 14.1. The standard InChI is InChI=1S/C24H24N2O3/c1-22-21-15(14-5-3-4-6-16(14)26-21)12-24(28-2)18-11-13-7-8-17(27)20(29-22)19(13)23(22,24)9-10-25-18/h3-8,18,25-27H,9-12H2,1-2H3. The first-order valence-corrected chi connectivity index (χ1v) is 10.5. The summed E-state index contributed by atoms with van der Waals surface area (Å²) in [5.74, 6) is 0.881. The van der Waals surface area contributed by atoms with E-state index in [1.165, 1.54) is 22.1 Å². The SMILES string of the molecule is COC12Cc3c([nH]c4ccccc34)C3(C)Oc4c(O)ccc5c4C31CCNC2C5. The molecule has 4 aliphatic rings. The van der Waals surface area contributed by atoms with Gasteiger partial charge in [0.2, 0.25) is 0 Å². The number of ether oxygens (including phenoxy) is 2. The average Bonchev–Trinajstić information content (AvgIpc) is 3.22. The van der Waals surface area contributed by atoms with Crippen LogP contribution in [0.1, 0.15) is 35.7 Å².